The van der Waals surface area contributed by atoms with Crippen LogP contribution in [0.3, 0.4) is 0 Å². The van der Waals surface area contributed by atoms with Crippen LogP contribution in [0.5, 0.6) is 0 Å². The maximum Gasteiger partial charge on any atom is 0.335 e. The van der Waals surface area contributed by atoms with E-state index in [1.807, 2.05) is 11.0 Å². The fourth-order valence-corrected chi connectivity index (χ4v) is 3.25. The number of benzene rings is 1. The number of likely N-dealkylation sites (tertiary alicyclic amines) is 1. The van der Waals surface area contributed by atoms with E-state index in [0.29, 0.717) is 24.9 Å². The Morgan fingerprint density at radius 1 is 1.28 bits per heavy atom. The van der Waals surface area contributed by atoms with Crippen molar-refractivity contribution in [2.24, 2.45) is 0 Å². The minimum absolute atomic E-state index is 0.116. The van der Waals surface area contributed by atoms with E-state index in [4.69, 9.17) is 5.11 Å². The molecule has 1 unspecified atom stereocenters. The van der Waals surface area contributed by atoms with Crippen molar-refractivity contribution in [1.29, 1.82) is 0 Å². The normalized spacial score (nSPS) is 17.3. The van der Waals surface area contributed by atoms with Crippen LogP contribution in [0.1, 0.15) is 46.8 Å². The molecule has 2 aromatic rings. The number of carbonyl (C=O) groups excluding carboxylic acids is 1. The number of aromatic carboxylic acids is 1. The van der Waals surface area contributed by atoms with E-state index in [1.54, 1.807) is 36.8 Å². The fourth-order valence-electron chi connectivity index (χ4n) is 3.25. The molecule has 3 rings (SSSR count). The van der Waals surface area contributed by atoms with Crippen LogP contribution < -0.4 is 0 Å². The van der Waals surface area contributed by atoms with Gasteiger partial charge in [-0.2, -0.15) is 0 Å². The van der Waals surface area contributed by atoms with Gasteiger partial charge in [-0.3, -0.25) is 14.8 Å². The van der Waals surface area contributed by atoms with Crippen LogP contribution in [-0.4, -0.2) is 44.9 Å². The van der Waals surface area contributed by atoms with Crippen LogP contribution in [0.4, 0.5) is 0 Å². The second-order valence-electron chi connectivity index (χ2n) is 6.31. The quantitative estimate of drug-likeness (QED) is 0.905. The number of carboxylic acid groups (broad SMARTS) is 1. The van der Waals surface area contributed by atoms with Gasteiger partial charge in [-0.1, -0.05) is 12.1 Å². The molecule has 0 bridgehead atoms. The summed E-state index contributed by atoms with van der Waals surface area (Å²) in [7, 11) is 0. The van der Waals surface area contributed by atoms with Crippen molar-refractivity contribution in [3.05, 3.63) is 59.7 Å². The lowest BCUT2D eigenvalue weighted by Crippen LogP contribution is -2.39. The van der Waals surface area contributed by atoms with Gasteiger partial charge >= 0.3 is 5.97 Å². The largest absolute Gasteiger partial charge is 0.478 e. The molecule has 1 amide bonds. The molecule has 1 saturated heterocycles. The second kappa shape index (κ2) is 7.88. The van der Waals surface area contributed by atoms with Crippen LogP contribution in [-0.2, 0) is 11.2 Å². The number of hydrogen-bond acceptors (Lipinski definition) is 4. The summed E-state index contributed by atoms with van der Waals surface area (Å²) in [5.41, 5.74) is 2.11. The Morgan fingerprint density at radius 3 is 2.92 bits per heavy atom. The van der Waals surface area contributed by atoms with Crippen molar-refractivity contribution < 1.29 is 14.7 Å². The van der Waals surface area contributed by atoms with E-state index >= 15 is 0 Å². The maximum absolute atomic E-state index is 12.5. The molecule has 0 aliphatic carbocycles. The van der Waals surface area contributed by atoms with Gasteiger partial charge in [0.2, 0.25) is 5.91 Å². The third kappa shape index (κ3) is 4.41. The number of amides is 1. The zero-order valence-corrected chi connectivity index (χ0v) is 14.0. The number of aryl methyl sites for hydroxylation is 1. The highest BCUT2D eigenvalue weighted by Crippen LogP contribution is 2.28. The lowest BCUT2D eigenvalue weighted by molar-refractivity contribution is -0.132. The van der Waals surface area contributed by atoms with Gasteiger partial charge in [0.1, 0.15) is 0 Å². The monoisotopic (exact) mass is 339 g/mol. The maximum atomic E-state index is 12.5. The van der Waals surface area contributed by atoms with E-state index in [0.717, 1.165) is 30.6 Å². The van der Waals surface area contributed by atoms with Crippen LogP contribution in [0.25, 0.3) is 0 Å². The van der Waals surface area contributed by atoms with Crippen molar-refractivity contribution in [2.45, 2.75) is 31.6 Å². The molecule has 1 atom stereocenters. The number of carbonyl (C=O) groups is 2. The smallest absolute Gasteiger partial charge is 0.335 e. The molecular formula is C19H21N3O3. The Bertz CT molecular complexity index is 749. The van der Waals surface area contributed by atoms with Crippen molar-refractivity contribution in [2.75, 3.05) is 13.1 Å². The Hall–Kier alpha value is -2.76. The average molecular weight is 339 g/mol. The summed E-state index contributed by atoms with van der Waals surface area (Å²) < 4.78 is 0. The van der Waals surface area contributed by atoms with Crippen LogP contribution in [0, 0.1) is 0 Å². The van der Waals surface area contributed by atoms with Crippen molar-refractivity contribution in [1.82, 2.24) is 14.9 Å². The van der Waals surface area contributed by atoms with Crippen LogP contribution >= 0.6 is 0 Å². The first-order chi connectivity index (χ1) is 12.1. The number of nitrogens with zero attached hydrogens (tertiary/aromatic N) is 3. The fraction of sp³-hybridized carbons (Fsp3) is 0.368. The molecule has 0 spiro atoms. The molecule has 1 fully saturated rings. The summed E-state index contributed by atoms with van der Waals surface area (Å²) in [6, 6.07) is 7.04. The molecule has 0 radical (unpaired) electrons. The third-order valence-corrected chi connectivity index (χ3v) is 4.59. The van der Waals surface area contributed by atoms with Gasteiger partial charge in [0.15, 0.2) is 0 Å². The molecule has 0 saturated carbocycles. The highest BCUT2D eigenvalue weighted by Gasteiger charge is 2.25. The first kappa shape index (κ1) is 17.1. The molecule has 1 aliphatic heterocycles. The summed E-state index contributed by atoms with van der Waals surface area (Å²) in [4.78, 5) is 33.8. The Labute approximate surface area is 146 Å². The zero-order valence-electron chi connectivity index (χ0n) is 14.0. The number of aromatic nitrogens is 2. The van der Waals surface area contributed by atoms with Gasteiger partial charge < -0.3 is 10.0 Å². The summed E-state index contributed by atoms with van der Waals surface area (Å²) in [5.74, 6) is -0.618. The van der Waals surface area contributed by atoms with E-state index < -0.39 is 5.97 Å². The van der Waals surface area contributed by atoms with E-state index in [-0.39, 0.29) is 11.8 Å². The van der Waals surface area contributed by atoms with Crippen LogP contribution in [0.2, 0.25) is 0 Å². The minimum Gasteiger partial charge on any atom is -0.478 e. The Morgan fingerprint density at radius 2 is 2.16 bits per heavy atom. The van der Waals surface area contributed by atoms with Crippen molar-refractivity contribution in [3.63, 3.8) is 0 Å². The minimum atomic E-state index is -0.922. The standard InChI is InChI=1S/C19H21N3O3/c23-18(7-6-17-12-20-8-9-21-17)22-10-2-5-16(13-22)14-3-1-4-15(11-14)19(24)25/h1,3-4,8-9,11-12,16H,2,5-7,10,13H2,(H,24,25). The zero-order chi connectivity index (χ0) is 17.6. The first-order valence-electron chi connectivity index (χ1n) is 8.49. The summed E-state index contributed by atoms with van der Waals surface area (Å²) in [6.45, 7) is 1.40. The van der Waals surface area contributed by atoms with Gasteiger partial charge in [-0.05, 0) is 37.0 Å². The molecule has 6 heteroatoms. The predicted octanol–water partition coefficient (Wildman–Crippen LogP) is 2.51. The molecule has 1 N–H and O–H groups in total. The van der Waals surface area contributed by atoms with Gasteiger partial charge in [-0.25, -0.2) is 4.79 Å². The van der Waals surface area contributed by atoms with Gasteiger partial charge in [-0.15, -0.1) is 0 Å². The van der Waals surface area contributed by atoms with E-state index in [9.17, 15) is 9.59 Å². The summed E-state index contributed by atoms with van der Waals surface area (Å²) in [6.07, 6.45) is 7.83. The summed E-state index contributed by atoms with van der Waals surface area (Å²) in [5, 5.41) is 9.15. The lowest BCUT2D eigenvalue weighted by Gasteiger charge is -2.33. The molecule has 6 nitrogen and oxygen atoms in total. The molecule has 1 aliphatic rings. The van der Waals surface area contributed by atoms with Crippen molar-refractivity contribution >= 4 is 11.9 Å². The topological polar surface area (TPSA) is 83.4 Å². The van der Waals surface area contributed by atoms with E-state index in [2.05, 4.69) is 9.97 Å². The number of carboxylic acids is 1. The second-order valence-corrected chi connectivity index (χ2v) is 6.31. The SMILES string of the molecule is O=C(O)c1cccc(C2CCCN(C(=O)CCc3cnccn3)C2)c1. The molecule has 1 aromatic carbocycles. The molecule has 1 aromatic heterocycles. The Balaban J connectivity index is 1.61. The summed E-state index contributed by atoms with van der Waals surface area (Å²) >= 11 is 0. The predicted molar refractivity (Wildman–Crippen MR) is 92.3 cm³/mol. The average Bonchev–Trinajstić information content (AvgIpc) is 2.67. The highest BCUT2D eigenvalue weighted by atomic mass is 16.4. The molecule has 130 valence electrons. The van der Waals surface area contributed by atoms with Gasteiger partial charge in [0.05, 0.1) is 11.3 Å². The third-order valence-electron chi connectivity index (χ3n) is 4.59. The van der Waals surface area contributed by atoms with Crippen LogP contribution in [0.15, 0.2) is 42.9 Å². The van der Waals surface area contributed by atoms with Gasteiger partial charge in [0, 0.05) is 44.0 Å². The number of hydrogen-bond donors (Lipinski definition) is 1. The van der Waals surface area contributed by atoms with Gasteiger partial charge in [0.25, 0.3) is 0 Å². The Kier molecular flexibility index (Phi) is 5.38. The highest BCUT2D eigenvalue weighted by molar-refractivity contribution is 5.87. The van der Waals surface area contributed by atoms with E-state index in [1.165, 1.54) is 0 Å². The number of rotatable bonds is 5. The molecular weight excluding hydrogens is 318 g/mol. The van der Waals surface area contributed by atoms with Crippen molar-refractivity contribution in [3.8, 4) is 0 Å². The first-order valence-corrected chi connectivity index (χ1v) is 8.49. The molecule has 25 heavy (non-hydrogen) atoms. The number of piperidine rings is 1. The lowest BCUT2D eigenvalue weighted by atomic mass is 9.89. The molecule has 2 heterocycles.